The average Bonchev–Trinajstić information content (AvgIpc) is 2.23. The maximum atomic E-state index is 12.5. The van der Waals surface area contributed by atoms with Gasteiger partial charge in [0.25, 0.3) is 10.0 Å². The third kappa shape index (κ3) is 3.61. The monoisotopic (exact) mass is 344 g/mol. The fraction of sp³-hybridized carbons (Fsp3) is 0.143. The lowest BCUT2D eigenvalue weighted by atomic mass is 10.1. The highest BCUT2D eigenvalue weighted by molar-refractivity contribution is 7.92. The van der Waals surface area contributed by atoms with Crippen molar-refractivity contribution in [1.82, 2.24) is 0 Å². The van der Waals surface area contributed by atoms with Crippen molar-refractivity contribution in [3.63, 3.8) is 0 Å². The fourth-order valence-corrected chi connectivity index (χ4v) is 4.25. The molecule has 0 aliphatic rings. The van der Waals surface area contributed by atoms with E-state index in [0.29, 0.717) is 32.5 Å². The number of hydrogen-bond donors (Lipinski definition) is 2. The standard InChI is InChI=1S/C14H14Cl2N2O2S/c1-8-3-12(17)4-9(2)14(8)21(19,20)18-13-6-10(15)5-11(16)7-13/h3-7,18H,17H2,1-2H3. The first-order chi connectivity index (χ1) is 9.69. The molecule has 21 heavy (non-hydrogen) atoms. The number of nitrogens with two attached hydrogens (primary N) is 1. The van der Waals surface area contributed by atoms with Crippen molar-refractivity contribution in [2.75, 3.05) is 10.5 Å². The quantitative estimate of drug-likeness (QED) is 0.826. The van der Waals surface area contributed by atoms with E-state index in [-0.39, 0.29) is 4.90 Å². The molecule has 0 radical (unpaired) electrons. The summed E-state index contributed by atoms with van der Waals surface area (Å²) in [5.74, 6) is 0. The second kappa shape index (κ2) is 5.75. The SMILES string of the molecule is Cc1cc(N)cc(C)c1S(=O)(=O)Nc1cc(Cl)cc(Cl)c1. The van der Waals surface area contributed by atoms with Gasteiger partial charge in [0.2, 0.25) is 0 Å². The Morgan fingerprint density at radius 2 is 1.43 bits per heavy atom. The molecule has 2 aromatic carbocycles. The van der Waals surface area contributed by atoms with Crippen LogP contribution in [-0.4, -0.2) is 8.42 Å². The van der Waals surface area contributed by atoms with Gasteiger partial charge in [-0.05, 0) is 55.3 Å². The highest BCUT2D eigenvalue weighted by Crippen LogP contribution is 2.28. The topological polar surface area (TPSA) is 72.2 Å². The number of halogens is 2. The number of sulfonamides is 1. The third-order valence-electron chi connectivity index (χ3n) is 2.87. The van der Waals surface area contributed by atoms with E-state index in [1.165, 1.54) is 18.2 Å². The van der Waals surface area contributed by atoms with E-state index in [2.05, 4.69) is 4.72 Å². The number of rotatable bonds is 3. The minimum atomic E-state index is -3.75. The summed E-state index contributed by atoms with van der Waals surface area (Å²) in [7, 11) is -3.75. The van der Waals surface area contributed by atoms with Gasteiger partial charge >= 0.3 is 0 Å². The van der Waals surface area contributed by atoms with Crippen LogP contribution in [0.5, 0.6) is 0 Å². The molecule has 0 aliphatic heterocycles. The molecule has 0 saturated heterocycles. The Balaban J connectivity index is 2.48. The van der Waals surface area contributed by atoms with E-state index in [1.807, 2.05) is 0 Å². The number of nitrogen functional groups attached to an aromatic ring is 1. The van der Waals surface area contributed by atoms with E-state index in [9.17, 15) is 8.42 Å². The molecular weight excluding hydrogens is 331 g/mol. The smallest absolute Gasteiger partial charge is 0.262 e. The molecule has 7 heteroatoms. The van der Waals surface area contributed by atoms with E-state index >= 15 is 0 Å². The largest absolute Gasteiger partial charge is 0.399 e. The Morgan fingerprint density at radius 3 is 1.90 bits per heavy atom. The molecule has 2 rings (SSSR count). The Bertz CT molecular complexity index is 761. The Kier molecular flexibility index (Phi) is 4.37. The summed E-state index contributed by atoms with van der Waals surface area (Å²) in [4.78, 5) is 0.202. The van der Waals surface area contributed by atoms with Gasteiger partial charge in [-0.3, -0.25) is 4.72 Å². The van der Waals surface area contributed by atoms with Crippen LogP contribution in [0.2, 0.25) is 10.0 Å². The summed E-state index contributed by atoms with van der Waals surface area (Å²) in [6.45, 7) is 3.39. The van der Waals surface area contributed by atoms with E-state index in [4.69, 9.17) is 28.9 Å². The first kappa shape index (κ1) is 15.9. The molecule has 2 aromatic rings. The highest BCUT2D eigenvalue weighted by Gasteiger charge is 2.20. The summed E-state index contributed by atoms with van der Waals surface area (Å²) < 4.78 is 27.6. The molecule has 0 aliphatic carbocycles. The zero-order valence-corrected chi connectivity index (χ0v) is 13.8. The van der Waals surface area contributed by atoms with Crippen LogP contribution >= 0.6 is 23.2 Å². The summed E-state index contributed by atoms with van der Waals surface area (Å²) >= 11 is 11.7. The summed E-state index contributed by atoms with van der Waals surface area (Å²) in [6, 6.07) is 7.75. The van der Waals surface area contributed by atoms with Gasteiger partial charge in [0.15, 0.2) is 0 Å². The molecule has 0 spiro atoms. The average molecular weight is 345 g/mol. The van der Waals surface area contributed by atoms with Crippen LogP contribution in [0.15, 0.2) is 35.2 Å². The molecule has 0 heterocycles. The second-order valence-electron chi connectivity index (χ2n) is 4.75. The van der Waals surface area contributed by atoms with Crippen LogP contribution in [0.1, 0.15) is 11.1 Å². The number of nitrogens with one attached hydrogen (secondary N) is 1. The number of hydrogen-bond acceptors (Lipinski definition) is 3. The van der Waals surface area contributed by atoms with Crippen molar-refractivity contribution < 1.29 is 8.42 Å². The Morgan fingerprint density at radius 1 is 0.952 bits per heavy atom. The lowest BCUT2D eigenvalue weighted by Gasteiger charge is -2.14. The van der Waals surface area contributed by atoms with Gasteiger partial charge in [-0.1, -0.05) is 23.2 Å². The van der Waals surface area contributed by atoms with Crippen molar-refractivity contribution in [2.45, 2.75) is 18.7 Å². The predicted molar refractivity (Wildman–Crippen MR) is 87.6 cm³/mol. The summed E-state index contributed by atoms with van der Waals surface area (Å²) in [5.41, 5.74) is 7.70. The van der Waals surface area contributed by atoms with Crippen LogP contribution < -0.4 is 10.5 Å². The molecular formula is C14H14Cl2N2O2S. The third-order valence-corrected chi connectivity index (χ3v) is 4.99. The first-order valence-electron chi connectivity index (χ1n) is 6.04. The summed E-state index contributed by atoms with van der Waals surface area (Å²) in [5, 5.41) is 0.705. The lowest BCUT2D eigenvalue weighted by molar-refractivity contribution is 0.600. The second-order valence-corrected chi connectivity index (χ2v) is 7.24. The number of benzene rings is 2. The van der Waals surface area contributed by atoms with Crippen molar-refractivity contribution in [3.05, 3.63) is 51.5 Å². The molecule has 0 aromatic heterocycles. The highest BCUT2D eigenvalue weighted by atomic mass is 35.5. The van der Waals surface area contributed by atoms with Crippen molar-refractivity contribution in [1.29, 1.82) is 0 Å². The molecule has 3 N–H and O–H groups in total. The molecule has 0 bridgehead atoms. The summed E-state index contributed by atoms with van der Waals surface area (Å²) in [6.07, 6.45) is 0. The van der Waals surface area contributed by atoms with Crippen LogP contribution in [-0.2, 0) is 10.0 Å². The maximum Gasteiger partial charge on any atom is 0.262 e. The van der Waals surface area contributed by atoms with Gasteiger partial charge in [0, 0.05) is 15.7 Å². The van der Waals surface area contributed by atoms with Gasteiger partial charge in [-0.15, -0.1) is 0 Å². The fourth-order valence-electron chi connectivity index (χ4n) is 2.23. The van der Waals surface area contributed by atoms with E-state index < -0.39 is 10.0 Å². The van der Waals surface area contributed by atoms with Crippen LogP contribution in [0, 0.1) is 13.8 Å². The molecule has 4 nitrogen and oxygen atoms in total. The zero-order valence-electron chi connectivity index (χ0n) is 11.4. The van der Waals surface area contributed by atoms with Crippen molar-refractivity contribution in [2.24, 2.45) is 0 Å². The minimum absolute atomic E-state index is 0.202. The van der Waals surface area contributed by atoms with Gasteiger partial charge in [-0.25, -0.2) is 8.42 Å². The van der Waals surface area contributed by atoms with Gasteiger partial charge < -0.3 is 5.73 Å². The Labute approximate surface area is 133 Å². The molecule has 0 atom stereocenters. The number of aryl methyl sites for hydroxylation is 2. The Hall–Kier alpha value is -1.43. The van der Waals surface area contributed by atoms with Crippen molar-refractivity contribution >= 4 is 44.6 Å². The zero-order chi connectivity index (χ0) is 15.8. The molecule has 0 amide bonds. The minimum Gasteiger partial charge on any atom is -0.399 e. The molecule has 112 valence electrons. The van der Waals surface area contributed by atoms with Crippen LogP contribution in [0.4, 0.5) is 11.4 Å². The van der Waals surface area contributed by atoms with Gasteiger partial charge in [0.05, 0.1) is 10.6 Å². The molecule has 0 unspecified atom stereocenters. The van der Waals surface area contributed by atoms with E-state index in [1.54, 1.807) is 26.0 Å². The van der Waals surface area contributed by atoms with Gasteiger partial charge in [-0.2, -0.15) is 0 Å². The lowest BCUT2D eigenvalue weighted by Crippen LogP contribution is -2.16. The van der Waals surface area contributed by atoms with Gasteiger partial charge in [0.1, 0.15) is 0 Å². The van der Waals surface area contributed by atoms with E-state index in [0.717, 1.165) is 0 Å². The first-order valence-corrected chi connectivity index (χ1v) is 8.28. The van der Waals surface area contributed by atoms with Crippen LogP contribution in [0.3, 0.4) is 0 Å². The maximum absolute atomic E-state index is 12.5. The predicted octanol–water partition coefficient (Wildman–Crippen LogP) is 3.99. The number of anilines is 2. The molecule has 0 fully saturated rings. The normalized spacial score (nSPS) is 11.4. The van der Waals surface area contributed by atoms with Crippen LogP contribution in [0.25, 0.3) is 0 Å². The van der Waals surface area contributed by atoms with Crippen molar-refractivity contribution in [3.8, 4) is 0 Å². The molecule has 0 saturated carbocycles.